The fourth-order valence-corrected chi connectivity index (χ4v) is 4.11. The van der Waals surface area contributed by atoms with E-state index in [1.165, 1.54) is 11.1 Å². The molecule has 3 heteroatoms. The van der Waals surface area contributed by atoms with Gasteiger partial charge in [0, 0.05) is 12.0 Å². The summed E-state index contributed by atoms with van der Waals surface area (Å²) in [6.07, 6.45) is -0.0366. The minimum atomic E-state index is -0.924. The third-order valence-electron chi connectivity index (χ3n) is 5.71. The van der Waals surface area contributed by atoms with Crippen LogP contribution in [0.3, 0.4) is 0 Å². The van der Waals surface area contributed by atoms with Crippen LogP contribution < -0.4 is 0 Å². The molecular weight excluding hydrogens is 288 g/mol. The zero-order valence-corrected chi connectivity index (χ0v) is 15.1. The Balaban J connectivity index is 2.48. The Morgan fingerprint density at radius 1 is 1.22 bits per heavy atom. The van der Waals surface area contributed by atoms with Crippen molar-refractivity contribution in [3.8, 4) is 0 Å². The number of carbonyl (C=O) groups excluding carboxylic acids is 1. The van der Waals surface area contributed by atoms with Gasteiger partial charge in [-0.1, -0.05) is 40.7 Å². The van der Waals surface area contributed by atoms with E-state index in [9.17, 15) is 9.59 Å². The first kappa shape index (κ1) is 17.7. The van der Waals surface area contributed by atoms with Gasteiger partial charge in [-0.3, -0.25) is 9.59 Å². The van der Waals surface area contributed by atoms with Crippen LogP contribution in [-0.2, 0) is 10.2 Å². The Morgan fingerprint density at radius 3 is 2.35 bits per heavy atom. The van der Waals surface area contributed by atoms with Crippen LogP contribution in [0.5, 0.6) is 0 Å². The third-order valence-corrected chi connectivity index (χ3v) is 5.71. The lowest BCUT2D eigenvalue weighted by atomic mass is 9.74. The van der Waals surface area contributed by atoms with Crippen LogP contribution in [0, 0.1) is 18.8 Å². The molecule has 2 rings (SSSR count). The Morgan fingerprint density at radius 2 is 1.83 bits per heavy atom. The van der Waals surface area contributed by atoms with Gasteiger partial charge in [0.15, 0.2) is 5.78 Å². The van der Waals surface area contributed by atoms with E-state index in [-0.39, 0.29) is 24.0 Å². The Kier molecular flexibility index (Phi) is 4.70. The second-order valence-corrected chi connectivity index (χ2v) is 7.85. The van der Waals surface area contributed by atoms with E-state index < -0.39 is 5.97 Å². The molecule has 0 fully saturated rings. The second-order valence-electron chi connectivity index (χ2n) is 7.85. The van der Waals surface area contributed by atoms with E-state index in [1.807, 2.05) is 13.0 Å². The van der Waals surface area contributed by atoms with E-state index in [0.29, 0.717) is 23.3 Å². The maximum atomic E-state index is 12.4. The number of aliphatic carboxylic acids is 1. The average Bonchev–Trinajstić information content (AvgIpc) is 2.63. The summed E-state index contributed by atoms with van der Waals surface area (Å²) in [5, 5.41) is 8.80. The first-order valence-corrected chi connectivity index (χ1v) is 8.47. The largest absolute Gasteiger partial charge is 0.481 e. The average molecular weight is 316 g/mol. The SMILES string of the molecule is Cc1cc2c(cc1C(=O)CCC(=O)O)[C@@H](C(C)C)[C@H](C)C2(C)C. The highest BCUT2D eigenvalue weighted by atomic mass is 16.4. The predicted molar refractivity (Wildman–Crippen MR) is 92.1 cm³/mol. The van der Waals surface area contributed by atoms with Gasteiger partial charge in [0.1, 0.15) is 0 Å². The van der Waals surface area contributed by atoms with Crippen molar-refractivity contribution in [2.45, 2.75) is 65.7 Å². The van der Waals surface area contributed by atoms with Crippen molar-refractivity contribution in [3.63, 3.8) is 0 Å². The number of hydrogen-bond acceptors (Lipinski definition) is 2. The van der Waals surface area contributed by atoms with Gasteiger partial charge in [-0.2, -0.15) is 0 Å². The zero-order valence-electron chi connectivity index (χ0n) is 15.1. The van der Waals surface area contributed by atoms with Crippen LogP contribution >= 0.6 is 0 Å². The lowest BCUT2D eigenvalue weighted by Crippen LogP contribution is -2.25. The first-order chi connectivity index (χ1) is 10.6. The highest BCUT2D eigenvalue weighted by molar-refractivity contribution is 5.99. The normalized spacial score (nSPS) is 22.2. The molecule has 1 aliphatic rings. The van der Waals surface area contributed by atoms with Gasteiger partial charge in [-0.15, -0.1) is 0 Å². The summed E-state index contributed by atoms with van der Waals surface area (Å²) in [6.45, 7) is 13.3. The summed E-state index contributed by atoms with van der Waals surface area (Å²) in [4.78, 5) is 23.2. The maximum Gasteiger partial charge on any atom is 0.303 e. The number of carbonyl (C=O) groups is 2. The predicted octanol–water partition coefficient (Wildman–Crippen LogP) is 4.71. The summed E-state index contributed by atoms with van der Waals surface area (Å²) >= 11 is 0. The number of Topliss-reactive ketones (excluding diaryl/α,β-unsaturated/α-hetero) is 1. The minimum absolute atomic E-state index is 0.0624. The van der Waals surface area contributed by atoms with Gasteiger partial charge >= 0.3 is 5.97 Å². The zero-order chi connectivity index (χ0) is 17.5. The van der Waals surface area contributed by atoms with E-state index in [1.54, 1.807) is 0 Å². The van der Waals surface area contributed by atoms with Crippen LogP contribution in [0.15, 0.2) is 12.1 Å². The maximum absolute atomic E-state index is 12.4. The third kappa shape index (κ3) is 3.06. The number of rotatable bonds is 5. The molecule has 0 heterocycles. The molecule has 0 unspecified atom stereocenters. The number of hydrogen-bond donors (Lipinski definition) is 1. The van der Waals surface area contributed by atoms with Crippen molar-refractivity contribution in [2.24, 2.45) is 11.8 Å². The molecule has 0 saturated carbocycles. The summed E-state index contributed by atoms with van der Waals surface area (Å²) in [7, 11) is 0. The molecule has 1 N–H and O–H groups in total. The highest BCUT2D eigenvalue weighted by Gasteiger charge is 2.45. The lowest BCUT2D eigenvalue weighted by molar-refractivity contribution is -0.136. The summed E-state index contributed by atoms with van der Waals surface area (Å²) < 4.78 is 0. The van der Waals surface area contributed by atoms with E-state index in [4.69, 9.17) is 5.11 Å². The van der Waals surface area contributed by atoms with Crippen molar-refractivity contribution >= 4 is 11.8 Å². The van der Waals surface area contributed by atoms with Crippen molar-refractivity contribution in [2.75, 3.05) is 0 Å². The van der Waals surface area contributed by atoms with Gasteiger partial charge in [0.2, 0.25) is 0 Å². The van der Waals surface area contributed by atoms with Crippen molar-refractivity contribution in [1.82, 2.24) is 0 Å². The molecule has 1 aromatic carbocycles. The van der Waals surface area contributed by atoms with E-state index >= 15 is 0 Å². The lowest BCUT2D eigenvalue weighted by Gasteiger charge is -2.30. The number of carboxylic acids is 1. The minimum Gasteiger partial charge on any atom is -0.481 e. The van der Waals surface area contributed by atoms with Crippen LogP contribution in [0.4, 0.5) is 0 Å². The standard InChI is InChI=1S/C20H28O3/c1-11(2)19-13(4)20(5,6)16-9-12(3)14(10-15(16)19)17(21)7-8-18(22)23/h9-11,13,19H,7-8H2,1-6H3,(H,22,23)/t13-,19-/m0/s1. The number of benzene rings is 1. The van der Waals surface area contributed by atoms with Crippen molar-refractivity contribution < 1.29 is 14.7 Å². The molecule has 0 bridgehead atoms. The summed E-state index contributed by atoms with van der Waals surface area (Å²) in [6, 6.07) is 4.20. The molecule has 2 atom stereocenters. The Hall–Kier alpha value is -1.64. The number of fused-ring (bicyclic) bond motifs is 1. The topological polar surface area (TPSA) is 54.4 Å². The van der Waals surface area contributed by atoms with Crippen molar-refractivity contribution in [1.29, 1.82) is 0 Å². The van der Waals surface area contributed by atoms with Gasteiger partial charge < -0.3 is 5.11 Å². The smallest absolute Gasteiger partial charge is 0.303 e. The molecule has 0 amide bonds. The molecule has 3 nitrogen and oxygen atoms in total. The van der Waals surface area contributed by atoms with Gasteiger partial charge in [0.25, 0.3) is 0 Å². The number of carboxylic acid groups (broad SMARTS) is 1. The van der Waals surface area contributed by atoms with Crippen molar-refractivity contribution in [3.05, 3.63) is 34.4 Å². The fraction of sp³-hybridized carbons (Fsp3) is 0.600. The van der Waals surface area contributed by atoms with Gasteiger partial charge in [-0.05, 0) is 52.8 Å². The summed E-state index contributed by atoms with van der Waals surface area (Å²) in [5.74, 6) is 0.475. The quantitative estimate of drug-likeness (QED) is 0.800. The fourth-order valence-electron chi connectivity index (χ4n) is 4.11. The van der Waals surface area contributed by atoms with Crippen LogP contribution in [-0.4, -0.2) is 16.9 Å². The Labute approximate surface area is 139 Å². The molecule has 0 aliphatic heterocycles. The first-order valence-electron chi connectivity index (χ1n) is 8.47. The van der Waals surface area contributed by atoms with E-state index in [0.717, 1.165) is 5.56 Å². The number of aryl methyl sites for hydroxylation is 1. The molecule has 0 radical (unpaired) electrons. The second kappa shape index (κ2) is 6.10. The van der Waals surface area contributed by atoms with Crippen LogP contribution in [0.1, 0.15) is 80.4 Å². The molecule has 126 valence electrons. The molecular formula is C20H28O3. The van der Waals surface area contributed by atoms with Crippen LogP contribution in [0.25, 0.3) is 0 Å². The van der Waals surface area contributed by atoms with Crippen LogP contribution in [0.2, 0.25) is 0 Å². The monoisotopic (exact) mass is 316 g/mol. The van der Waals surface area contributed by atoms with Gasteiger partial charge in [-0.25, -0.2) is 0 Å². The molecule has 1 aliphatic carbocycles. The molecule has 1 aromatic rings. The number of ketones is 1. The molecule has 23 heavy (non-hydrogen) atoms. The summed E-state index contributed by atoms with van der Waals surface area (Å²) in [5.41, 5.74) is 4.37. The molecule has 0 aromatic heterocycles. The molecule has 0 spiro atoms. The van der Waals surface area contributed by atoms with E-state index in [2.05, 4.69) is 40.7 Å². The molecule has 0 saturated heterocycles. The highest BCUT2D eigenvalue weighted by Crippen LogP contribution is 2.53. The Bertz CT molecular complexity index is 641. The van der Waals surface area contributed by atoms with Gasteiger partial charge in [0.05, 0.1) is 6.42 Å².